The van der Waals surface area contributed by atoms with E-state index in [0.29, 0.717) is 17.8 Å². The number of hydrogen-bond donors (Lipinski definition) is 3. The maximum absolute atomic E-state index is 12.1. The van der Waals surface area contributed by atoms with Crippen molar-refractivity contribution in [2.24, 2.45) is 5.73 Å². The van der Waals surface area contributed by atoms with E-state index in [0.717, 1.165) is 24.8 Å². The maximum atomic E-state index is 12.1. The molecule has 5 heteroatoms. The number of carbonyl (C=O) groups is 2. The van der Waals surface area contributed by atoms with Crippen molar-refractivity contribution >= 4 is 23.2 Å². The van der Waals surface area contributed by atoms with Crippen LogP contribution in [0.3, 0.4) is 0 Å². The van der Waals surface area contributed by atoms with Crippen LogP contribution in [0.25, 0.3) is 0 Å². The number of rotatable bonds is 4. The predicted octanol–water partition coefficient (Wildman–Crippen LogP) is 2.16. The molecule has 0 saturated heterocycles. The van der Waals surface area contributed by atoms with E-state index in [4.69, 9.17) is 5.73 Å². The predicted molar refractivity (Wildman–Crippen MR) is 79.5 cm³/mol. The fourth-order valence-electron chi connectivity index (χ4n) is 2.12. The average molecular weight is 275 g/mol. The Hall–Kier alpha value is -1.88. The van der Waals surface area contributed by atoms with Gasteiger partial charge in [-0.2, -0.15) is 0 Å². The van der Waals surface area contributed by atoms with Crippen molar-refractivity contribution in [3.05, 3.63) is 23.8 Å². The maximum Gasteiger partial charge on any atom is 0.244 e. The molecule has 1 aliphatic rings. The first kappa shape index (κ1) is 14.5. The fourth-order valence-corrected chi connectivity index (χ4v) is 2.12. The van der Waals surface area contributed by atoms with Crippen LogP contribution in [-0.4, -0.2) is 17.4 Å². The van der Waals surface area contributed by atoms with Gasteiger partial charge in [0.25, 0.3) is 0 Å². The quantitative estimate of drug-likeness (QED) is 0.787. The van der Waals surface area contributed by atoms with Crippen LogP contribution < -0.4 is 16.4 Å². The molecule has 1 aromatic carbocycles. The molecule has 0 radical (unpaired) electrons. The topological polar surface area (TPSA) is 84.2 Å². The molecule has 1 aliphatic carbocycles. The van der Waals surface area contributed by atoms with Crippen molar-refractivity contribution in [2.75, 3.05) is 10.6 Å². The van der Waals surface area contributed by atoms with E-state index in [1.807, 2.05) is 19.1 Å². The normalized spacial score (nSPS) is 16.1. The Morgan fingerprint density at radius 3 is 2.55 bits per heavy atom. The summed E-state index contributed by atoms with van der Waals surface area (Å²) in [5.41, 5.74) is 7.59. The Morgan fingerprint density at radius 2 is 2.00 bits per heavy atom. The zero-order valence-electron chi connectivity index (χ0n) is 12.0. The summed E-state index contributed by atoms with van der Waals surface area (Å²) in [5.74, 6) is -0.203. The van der Waals surface area contributed by atoms with E-state index in [9.17, 15) is 9.59 Å². The number of aryl methyl sites for hydroxylation is 1. The van der Waals surface area contributed by atoms with E-state index >= 15 is 0 Å². The molecule has 0 unspecified atom stereocenters. The van der Waals surface area contributed by atoms with E-state index < -0.39 is 5.54 Å². The van der Waals surface area contributed by atoms with Crippen molar-refractivity contribution in [1.29, 1.82) is 0 Å². The molecule has 4 N–H and O–H groups in total. The summed E-state index contributed by atoms with van der Waals surface area (Å²) in [5, 5.41) is 5.65. The molecule has 5 nitrogen and oxygen atoms in total. The molecule has 0 bridgehead atoms. The van der Waals surface area contributed by atoms with Crippen molar-refractivity contribution in [1.82, 2.24) is 0 Å². The third-order valence-corrected chi connectivity index (χ3v) is 3.79. The van der Waals surface area contributed by atoms with Crippen LogP contribution >= 0.6 is 0 Å². The van der Waals surface area contributed by atoms with Gasteiger partial charge in [-0.3, -0.25) is 9.59 Å². The standard InChI is InChI=1S/C15H21N3O2/c1-3-13(19)17-11-6-5-10(2)12(9-11)18-14(20)15(16)7-4-8-15/h5-6,9H,3-4,7-8,16H2,1-2H3,(H,17,19)(H,18,20). The van der Waals surface area contributed by atoms with Gasteiger partial charge >= 0.3 is 0 Å². The van der Waals surface area contributed by atoms with Crippen LogP contribution in [-0.2, 0) is 9.59 Å². The van der Waals surface area contributed by atoms with Gasteiger partial charge in [-0.1, -0.05) is 13.0 Å². The highest BCUT2D eigenvalue weighted by Gasteiger charge is 2.40. The van der Waals surface area contributed by atoms with Gasteiger partial charge in [0.05, 0.1) is 5.54 Å². The zero-order chi connectivity index (χ0) is 14.8. The number of benzene rings is 1. The molecular formula is C15H21N3O2. The highest BCUT2D eigenvalue weighted by molar-refractivity contribution is 6.00. The van der Waals surface area contributed by atoms with E-state index in [2.05, 4.69) is 10.6 Å². The number of nitrogens with two attached hydrogens (primary N) is 1. The minimum absolute atomic E-state index is 0.0552. The van der Waals surface area contributed by atoms with Crippen LogP contribution in [0.5, 0.6) is 0 Å². The number of carbonyl (C=O) groups excluding carboxylic acids is 2. The molecule has 1 aromatic rings. The van der Waals surface area contributed by atoms with Crippen LogP contribution in [0, 0.1) is 6.92 Å². The lowest BCUT2D eigenvalue weighted by molar-refractivity contribution is -0.123. The molecule has 2 rings (SSSR count). The Bertz CT molecular complexity index is 536. The minimum Gasteiger partial charge on any atom is -0.326 e. The highest BCUT2D eigenvalue weighted by Crippen LogP contribution is 2.31. The summed E-state index contributed by atoms with van der Waals surface area (Å²) in [6, 6.07) is 5.45. The fraction of sp³-hybridized carbons (Fsp3) is 0.467. The molecule has 0 spiro atoms. The molecular weight excluding hydrogens is 254 g/mol. The van der Waals surface area contributed by atoms with Gasteiger partial charge in [0.2, 0.25) is 11.8 Å². The lowest BCUT2D eigenvalue weighted by Gasteiger charge is -2.36. The zero-order valence-corrected chi connectivity index (χ0v) is 12.0. The van der Waals surface area contributed by atoms with Crippen LogP contribution in [0.4, 0.5) is 11.4 Å². The van der Waals surface area contributed by atoms with Crippen molar-refractivity contribution in [3.63, 3.8) is 0 Å². The molecule has 108 valence electrons. The summed E-state index contributed by atoms with van der Waals surface area (Å²) in [6.45, 7) is 3.70. The van der Waals surface area contributed by atoms with Gasteiger partial charge in [0, 0.05) is 17.8 Å². The third kappa shape index (κ3) is 2.99. The SMILES string of the molecule is CCC(=O)Nc1ccc(C)c(NC(=O)C2(N)CCC2)c1. The molecule has 0 atom stereocenters. The summed E-state index contributed by atoms with van der Waals surface area (Å²) >= 11 is 0. The van der Waals surface area contributed by atoms with Crippen molar-refractivity contribution in [2.45, 2.75) is 45.1 Å². The Balaban J connectivity index is 2.12. The largest absolute Gasteiger partial charge is 0.326 e. The second-order valence-corrected chi connectivity index (χ2v) is 5.40. The van der Waals surface area contributed by atoms with Gasteiger partial charge in [0.15, 0.2) is 0 Å². The number of hydrogen-bond acceptors (Lipinski definition) is 3. The molecule has 1 saturated carbocycles. The van der Waals surface area contributed by atoms with Crippen LogP contribution in [0.2, 0.25) is 0 Å². The number of anilines is 2. The molecule has 1 fully saturated rings. The summed E-state index contributed by atoms with van der Waals surface area (Å²) in [4.78, 5) is 23.5. The van der Waals surface area contributed by atoms with Gasteiger partial charge in [-0.05, 0) is 43.9 Å². The second-order valence-electron chi connectivity index (χ2n) is 5.40. The first-order chi connectivity index (χ1) is 9.44. The molecule has 0 aliphatic heterocycles. The van der Waals surface area contributed by atoms with Gasteiger partial charge in [-0.25, -0.2) is 0 Å². The summed E-state index contributed by atoms with van der Waals surface area (Å²) < 4.78 is 0. The number of amides is 2. The lowest BCUT2D eigenvalue weighted by atomic mass is 9.77. The van der Waals surface area contributed by atoms with E-state index in [1.54, 1.807) is 13.0 Å². The smallest absolute Gasteiger partial charge is 0.244 e. The lowest BCUT2D eigenvalue weighted by Crippen LogP contribution is -2.56. The second kappa shape index (κ2) is 5.63. The monoisotopic (exact) mass is 275 g/mol. The van der Waals surface area contributed by atoms with Gasteiger partial charge < -0.3 is 16.4 Å². The first-order valence-corrected chi connectivity index (χ1v) is 6.95. The average Bonchev–Trinajstić information content (AvgIpc) is 2.39. The van der Waals surface area contributed by atoms with Gasteiger partial charge in [-0.15, -0.1) is 0 Å². The Labute approximate surface area is 118 Å². The molecule has 2 amide bonds. The highest BCUT2D eigenvalue weighted by atomic mass is 16.2. The van der Waals surface area contributed by atoms with Gasteiger partial charge in [0.1, 0.15) is 0 Å². The first-order valence-electron chi connectivity index (χ1n) is 6.95. The Kier molecular flexibility index (Phi) is 4.09. The van der Waals surface area contributed by atoms with Crippen molar-refractivity contribution in [3.8, 4) is 0 Å². The van der Waals surface area contributed by atoms with Crippen molar-refractivity contribution < 1.29 is 9.59 Å². The minimum atomic E-state index is -0.727. The molecule has 20 heavy (non-hydrogen) atoms. The van der Waals surface area contributed by atoms with Crippen LogP contribution in [0.15, 0.2) is 18.2 Å². The summed E-state index contributed by atoms with van der Waals surface area (Å²) in [6.07, 6.45) is 2.87. The Morgan fingerprint density at radius 1 is 1.30 bits per heavy atom. The van der Waals surface area contributed by atoms with Crippen LogP contribution in [0.1, 0.15) is 38.2 Å². The number of nitrogens with one attached hydrogen (secondary N) is 2. The van der Waals surface area contributed by atoms with E-state index in [-0.39, 0.29) is 11.8 Å². The molecule has 0 heterocycles. The summed E-state index contributed by atoms with van der Waals surface area (Å²) in [7, 11) is 0. The third-order valence-electron chi connectivity index (χ3n) is 3.79. The molecule has 0 aromatic heterocycles. The van der Waals surface area contributed by atoms with E-state index in [1.165, 1.54) is 0 Å².